The van der Waals surface area contributed by atoms with Gasteiger partial charge in [0.2, 0.25) is 5.95 Å². The van der Waals surface area contributed by atoms with Gasteiger partial charge in [0, 0.05) is 38.8 Å². The second kappa shape index (κ2) is 12.9. The lowest BCUT2D eigenvalue weighted by Gasteiger charge is -2.40. The molecule has 0 radical (unpaired) electrons. The molecule has 1 aliphatic heterocycles. The third-order valence-electron chi connectivity index (χ3n) is 6.23. The highest BCUT2D eigenvalue weighted by atomic mass is 35.5. The summed E-state index contributed by atoms with van der Waals surface area (Å²) in [6, 6.07) is 4.03. The van der Waals surface area contributed by atoms with Crippen molar-refractivity contribution in [1.29, 1.82) is 5.41 Å². The van der Waals surface area contributed by atoms with E-state index in [9.17, 15) is 13.5 Å². The van der Waals surface area contributed by atoms with E-state index in [1.54, 1.807) is 7.05 Å². The first-order valence-electron chi connectivity index (χ1n) is 12.8. The number of ether oxygens (including phenoxy) is 1. The molecule has 13 heteroatoms. The summed E-state index contributed by atoms with van der Waals surface area (Å²) < 4.78 is 31.3. The second-order valence-electron chi connectivity index (χ2n) is 9.96. The van der Waals surface area contributed by atoms with E-state index < -0.39 is 20.1 Å². The lowest BCUT2D eigenvalue weighted by Crippen LogP contribution is -2.46. The summed E-state index contributed by atoms with van der Waals surface area (Å²) in [5.41, 5.74) is 2.95. The first kappa shape index (κ1) is 30.6. The maximum Gasteiger partial charge on any atom is 0.229 e. The number of rotatable bonds is 12. The monoisotopic (exact) mass is 579 g/mol. The molecule has 1 aliphatic rings. The molecule has 0 aliphatic carbocycles. The Kier molecular flexibility index (Phi) is 10.2. The summed E-state index contributed by atoms with van der Waals surface area (Å²) in [6.07, 6.45) is 2.69. The summed E-state index contributed by atoms with van der Waals surface area (Å²) in [5, 5.41) is 25.1. The molecule has 1 aromatic carbocycles. The van der Waals surface area contributed by atoms with Gasteiger partial charge in [-0.25, -0.2) is 13.4 Å². The summed E-state index contributed by atoms with van der Waals surface area (Å²) in [7, 11) is -2.25. The van der Waals surface area contributed by atoms with E-state index in [1.807, 2.05) is 32.9 Å². The van der Waals surface area contributed by atoms with Crippen molar-refractivity contribution in [1.82, 2.24) is 20.2 Å². The van der Waals surface area contributed by atoms with Crippen LogP contribution in [-0.4, -0.2) is 78.1 Å². The molecule has 3 rings (SSSR count). The normalized spacial score (nSPS) is 14.9. The molecule has 0 amide bonds. The third-order valence-corrected chi connectivity index (χ3v) is 8.53. The molecule has 0 bridgehead atoms. The number of anilines is 3. The summed E-state index contributed by atoms with van der Waals surface area (Å²) in [4.78, 5) is 10.9. The van der Waals surface area contributed by atoms with Crippen LogP contribution in [0, 0.1) is 12.3 Å². The number of β-amino-alcohol motifs (C(OH)–C–C–N with tert-alkyl or cyclic N) is 1. The molecule has 2 aromatic rings. The van der Waals surface area contributed by atoms with Crippen molar-refractivity contribution in [3.05, 3.63) is 46.4 Å². The highest BCUT2D eigenvalue weighted by molar-refractivity contribution is 8.07. The number of nitrogens with zero attached hydrogens (tertiary/aromatic N) is 3. The molecule has 1 fully saturated rings. The number of aliphatic hydroxyl groups is 1. The number of benzene rings is 1. The Hall–Kier alpha value is -2.93. The summed E-state index contributed by atoms with van der Waals surface area (Å²) in [6.45, 7) is 11.6. The van der Waals surface area contributed by atoms with Crippen molar-refractivity contribution in [3.63, 3.8) is 0 Å². The molecular weight excluding hydrogens is 542 g/mol. The summed E-state index contributed by atoms with van der Waals surface area (Å²) >= 11 is 6.34. The van der Waals surface area contributed by atoms with Gasteiger partial charge >= 0.3 is 0 Å². The van der Waals surface area contributed by atoms with Gasteiger partial charge in [0.05, 0.1) is 35.5 Å². The second-order valence-corrected chi connectivity index (χ2v) is 12.8. The Bertz CT molecular complexity index is 1330. The van der Waals surface area contributed by atoms with Gasteiger partial charge in [-0.3, -0.25) is 10.3 Å². The minimum Gasteiger partial charge on any atom is -0.489 e. The molecule has 214 valence electrons. The Morgan fingerprint density at radius 2 is 2.00 bits per heavy atom. The van der Waals surface area contributed by atoms with E-state index in [0.717, 1.165) is 18.7 Å². The lowest BCUT2D eigenvalue weighted by molar-refractivity contribution is 0.115. The van der Waals surface area contributed by atoms with Crippen molar-refractivity contribution in [3.8, 4) is 5.75 Å². The zero-order chi connectivity index (χ0) is 28.9. The highest BCUT2D eigenvalue weighted by Gasteiger charge is 2.30. The van der Waals surface area contributed by atoms with Gasteiger partial charge in [0.15, 0.2) is 20.7 Å². The number of hydrogen-bond acceptors (Lipinski definition) is 11. The molecule has 11 nitrogen and oxygen atoms in total. The van der Waals surface area contributed by atoms with Gasteiger partial charge < -0.3 is 25.8 Å². The van der Waals surface area contributed by atoms with Crippen molar-refractivity contribution < 1.29 is 18.3 Å². The molecule has 1 saturated heterocycles. The first-order valence-corrected chi connectivity index (χ1v) is 14.7. The quantitative estimate of drug-likeness (QED) is 0.186. The Morgan fingerprint density at radius 3 is 2.59 bits per heavy atom. The molecule has 0 spiro atoms. The van der Waals surface area contributed by atoms with Crippen LogP contribution >= 0.6 is 11.6 Å². The topological polar surface area (TPSA) is 153 Å². The zero-order valence-electron chi connectivity index (χ0n) is 23.2. The highest BCUT2D eigenvalue weighted by Crippen LogP contribution is 2.37. The predicted molar refractivity (Wildman–Crippen MR) is 156 cm³/mol. The van der Waals surface area contributed by atoms with Crippen LogP contribution in [-0.2, 0) is 9.84 Å². The van der Waals surface area contributed by atoms with Crippen LogP contribution in [0.2, 0.25) is 5.02 Å². The Morgan fingerprint density at radius 1 is 1.31 bits per heavy atom. The number of sulfone groups is 1. The number of nitrogens with one attached hydrogen (secondary N) is 4. The molecule has 0 unspecified atom stereocenters. The smallest absolute Gasteiger partial charge is 0.229 e. The lowest BCUT2D eigenvalue weighted by atomic mass is 9.88. The molecule has 5 N–H and O–H groups in total. The zero-order valence-corrected chi connectivity index (χ0v) is 24.7. The van der Waals surface area contributed by atoms with Gasteiger partial charge in [-0.05, 0) is 57.9 Å². The van der Waals surface area contributed by atoms with Gasteiger partial charge in [-0.2, -0.15) is 4.98 Å². The number of aromatic nitrogens is 2. The number of halogens is 1. The minimum atomic E-state index is -3.85. The van der Waals surface area contributed by atoms with Gasteiger partial charge in [0.25, 0.3) is 0 Å². The molecular formula is C26H38ClN7O4S. The fourth-order valence-corrected chi connectivity index (χ4v) is 5.16. The van der Waals surface area contributed by atoms with Gasteiger partial charge in [0.1, 0.15) is 10.8 Å². The van der Waals surface area contributed by atoms with E-state index in [1.165, 1.54) is 31.8 Å². The first-order chi connectivity index (χ1) is 18.4. The molecule has 1 aromatic heterocycles. The third kappa shape index (κ3) is 7.38. The van der Waals surface area contributed by atoms with E-state index in [4.69, 9.17) is 21.7 Å². The predicted octanol–water partition coefficient (Wildman–Crippen LogP) is 3.63. The van der Waals surface area contributed by atoms with Crippen molar-refractivity contribution in [2.24, 2.45) is 0 Å². The number of aryl methyl sites for hydroxylation is 1. The average molecular weight is 580 g/mol. The number of hydrogen-bond donors (Lipinski definition) is 5. The maximum absolute atomic E-state index is 12.6. The standard InChI is InChI=1S/C26H38ClN7O4S/c1-15(2)38-23-10-19(18-13-34(14-18)7-8-35)17(5)9-21(23)32-26-30-11-20(27)25(33-26)31-22(12-29-6)24(28)39(36,37)16(3)4/h9-12,15-16,18,28-29,35H,7-8,13-14H2,1-6H3,(H2,30,31,32,33)/b22-12+,28-24?. The van der Waals surface area contributed by atoms with Crippen LogP contribution in [0.15, 0.2) is 30.2 Å². The SMILES string of the molecule is CN/C=C(/Nc1nc(Nc2cc(C)c(C3CN(CCO)C3)cc2OC(C)C)ncc1Cl)C(=N)S(=O)(=O)C(C)C. The molecule has 2 heterocycles. The molecule has 0 saturated carbocycles. The number of likely N-dealkylation sites (tertiary alicyclic amines) is 1. The Labute approximate surface area is 235 Å². The number of aliphatic hydroxyl groups excluding tert-OH is 1. The van der Waals surface area contributed by atoms with Crippen LogP contribution in [0.4, 0.5) is 17.5 Å². The van der Waals surface area contributed by atoms with Crippen LogP contribution in [0.1, 0.15) is 44.7 Å². The minimum absolute atomic E-state index is 0.00230. The van der Waals surface area contributed by atoms with Gasteiger partial charge in [-0.1, -0.05) is 11.6 Å². The van der Waals surface area contributed by atoms with Gasteiger partial charge in [-0.15, -0.1) is 0 Å². The summed E-state index contributed by atoms with van der Waals surface area (Å²) in [5.74, 6) is 1.36. The van der Waals surface area contributed by atoms with Crippen LogP contribution < -0.4 is 20.7 Å². The maximum atomic E-state index is 12.6. The van der Waals surface area contributed by atoms with Crippen LogP contribution in [0.5, 0.6) is 5.75 Å². The fourth-order valence-electron chi connectivity index (χ4n) is 4.14. The Balaban J connectivity index is 1.90. The van der Waals surface area contributed by atoms with Crippen LogP contribution in [0.3, 0.4) is 0 Å². The van der Waals surface area contributed by atoms with Crippen molar-refractivity contribution in [2.75, 3.05) is 43.9 Å². The van der Waals surface area contributed by atoms with E-state index >= 15 is 0 Å². The molecule has 0 atom stereocenters. The van der Waals surface area contributed by atoms with E-state index in [-0.39, 0.29) is 35.2 Å². The largest absolute Gasteiger partial charge is 0.489 e. The van der Waals surface area contributed by atoms with Crippen LogP contribution in [0.25, 0.3) is 0 Å². The van der Waals surface area contributed by atoms with E-state index in [2.05, 4.69) is 30.8 Å². The fraction of sp³-hybridized carbons (Fsp3) is 0.500. The molecule has 39 heavy (non-hydrogen) atoms. The average Bonchev–Trinajstić information content (AvgIpc) is 2.83. The van der Waals surface area contributed by atoms with E-state index in [0.29, 0.717) is 23.9 Å². The van der Waals surface area contributed by atoms with Crippen molar-refractivity contribution in [2.45, 2.75) is 51.9 Å². The van der Waals surface area contributed by atoms with Crippen molar-refractivity contribution >= 4 is 43.9 Å².